The van der Waals surface area contributed by atoms with Gasteiger partial charge in [0.25, 0.3) is 0 Å². The van der Waals surface area contributed by atoms with Crippen LogP contribution >= 0.6 is 11.6 Å². The second kappa shape index (κ2) is 5.25. The molecule has 1 aromatic rings. The predicted octanol–water partition coefficient (Wildman–Crippen LogP) is 2.24. The van der Waals surface area contributed by atoms with Gasteiger partial charge >= 0.3 is 0 Å². The average molecular weight is 204 g/mol. The quantitative estimate of drug-likeness (QED) is 0.689. The van der Waals surface area contributed by atoms with Gasteiger partial charge < -0.3 is 9.15 Å². The highest BCUT2D eigenvalue weighted by Gasteiger charge is 2.07. The Kier molecular flexibility index (Phi) is 4.25. The highest BCUT2D eigenvalue weighted by molar-refractivity contribution is 6.16. The summed E-state index contributed by atoms with van der Waals surface area (Å²) < 4.78 is 10.4. The van der Waals surface area contributed by atoms with Crippen LogP contribution in [0, 0.1) is 5.92 Å². The largest absolute Gasteiger partial charge is 0.444 e. The second-order valence-electron chi connectivity index (χ2n) is 3.12. The van der Waals surface area contributed by atoms with E-state index >= 15 is 0 Å². The highest BCUT2D eigenvalue weighted by Crippen LogP contribution is 2.11. The molecule has 0 aliphatic carbocycles. The first kappa shape index (κ1) is 10.5. The molecular weight excluding hydrogens is 190 g/mol. The molecule has 1 aromatic heterocycles. The van der Waals surface area contributed by atoms with Crippen LogP contribution < -0.4 is 0 Å². The molecule has 0 aromatic carbocycles. The Labute approximate surface area is 83.1 Å². The van der Waals surface area contributed by atoms with Crippen molar-refractivity contribution in [1.82, 2.24) is 4.98 Å². The fourth-order valence-electron chi connectivity index (χ4n) is 1.19. The number of nitrogens with zero attached hydrogens (tertiary/aromatic N) is 1. The van der Waals surface area contributed by atoms with Gasteiger partial charge in [-0.2, -0.15) is 0 Å². The van der Waals surface area contributed by atoms with Gasteiger partial charge in [-0.05, 0) is 5.92 Å². The highest BCUT2D eigenvalue weighted by atomic mass is 35.5. The lowest BCUT2D eigenvalue weighted by molar-refractivity contribution is 0.156. The van der Waals surface area contributed by atoms with Crippen LogP contribution in [-0.2, 0) is 17.0 Å². The molecule has 1 atom stereocenters. The SMILES string of the molecule is COCC(C)Cc1cnc(CCl)o1. The van der Waals surface area contributed by atoms with Crippen molar-refractivity contribution in [3.8, 4) is 0 Å². The molecular formula is C9H14ClNO2. The standard InChI is InChI=1S/C9H14ClNO2/c1-7(6-12-2)3-8-5-11-9(4-10)13-8/h5,7H,3-4,6H2,1-2H3. The Morgan fingerprint density at radius 2 is 2.46 bits per heavy atom. The molecule has 4 heteroatoms. The van der Waals surface area contributed by atoms with E-state index < -0.39 is 0 Å². The van der Waals surface area contributed by atoms with E-state index in [4.69, 9.17) is 20.8 Å². The molecule has 0 amide bonds. The van der Waals surface area contributed by atoms with Crippen molar-refractivity contribution in [2.45, 2.75) is 19.2 Å². The maximum absolute atomic E-state index is 5.56. The number of hydrogen-bond acceptors (Lipinski definition) is 3. The van der Waals surface area contributed by atoms with Crippen LogP contribution in [0.3, 0.4) is 0 Å². The van der Waals surface area contributed by atoms with Crippen molar-refractivity contribution < 1.29 is 9.15 Å². The number of methoxy groups -OCH3 is 1. The van der Waals surface area contributed by atoms with Crippen molar-refractivity contribution in [3.63, 3.8) is 0 Å². The maximum atomic E-state index is 5.56. The van der Waals surface area contributed by atoms with Crippen molar-refractivity contribution in [1.29, 1.82) is 0 Å². The summed E-state index contributed by atoms with van der Waals surface area (Å²) in [5.74, 6) is 2.24. The van der Waals surface area contributed by atoms with Crippen LogP contribution in [0.1, 0.15) is 18.6 Å². The van der Waals surface area contributed by atoms with E-state index in [2.05, 4.69) is 11.9 Å². The third-order valence-corrected chi connectivity index (χ3v) is 1.95. The van der Waals surface area contributed by atoms with E-state index in [9.17, 15) is 0 Å². The lowest BCUT2D eigenvalue weighted by Crippen LogP contribution is -2.06. The van der Waals surface area contributed by atoms with Crippen molar-refractivity contribution >= 4 is 11.6 Å². The molecule has 3 nitrogen and oxygen atoms in total. The molecule has 1 unspecified atom stereocenters. The van der Waals surface area contributed by atoms with Gasteiger partial charge in [-0.25, -0.2) is 4.98 Å². The average Bonchev–Trinajstić information content (AvgIpc) is 2.52. The second-order valence-corrected chi connectivity index (χ2v) is 3.39. The smallest absolute Gasteiger partial charge is 0.209 e. The van der Waals surface area contributed by atoms with Crippen LogP contribution in [-0.4, -0.2) is 18.7 Å². The molecule has 1 heterocycles. The number of ether oxygens (including phenoxy) is 1. The minimum atomic E-state index is 0.332. The number of oxazole rings is 1. The Balaban J connectivity index is 2.44. The number of rotatable bonds is 5. The van der Waals surface area contributed by atoms with Crippen LogP contribution in [0.15, 0.2) is 10.6 Å². The van der Waals surface area contributed by atoms with E-state index in [0.29, 0.717) is 17.7 Å². The number of aromatic nitrogens is 1. The molecule has 0 fully saturated rings. The Morgan fingerprint density at radius 1 is 1.69 bits per heavy atom. The van der Waals surface area contributed by atoms with Crippen LogP contribution in [0.25, 0.3) is 0 Å². The lowest BCUT2D eigenvalue weighted by atomic mass is 10.1. The zero-order valence-electron chi connectivity index (χ0n) is 7.92. The van der Waals surface area contributed by atoms with Gasteiger partial charge in [-0.1, -0.05) is 6.92 Å². The summed E-state index contributed by atoms with van der Waals surface area (Å²) in [7, 11) is 1.70. The molecule has 0 aliphatic heterocycles. The Morgan fingerprint density at radius 3 is 3.00 bits per heavy atom. The van der Waals surface area contributed by atoms with Gasteiger partial charge in [-0.15, -0.1) is 11.6 Å². The third-order valence-electron chi connectivity index (χ3n) is 1.72. The predicted molar refractivity (Wildman–Crippen MR) is 50.8 cm³/mol. The van der Waals surface area contributed by atoms with Gasteiger partial charge in [0.05, 0.1) is 12.1 Å². The topological polar surface area (TPSA) is 35.3 Å². The normalized spacial score (nSPS) is 13.2. The fourth-order valence-corrected chi connectivity index (χ4v) is 1.31. The summed E-state index contributed by atoms with van der Waals surface area (Å²) in [6.07, 6.45) is 2.57. The number of halogens is 1. The van der Waals surface area contributed by atoms with Crippen LogP contribution in [0.4, 0.5) is 0 Å². The molecule has 0 aliphatic rings. The lowest BCUT2D eigenvalue weighted by Gasteiger charge is -2.06. The van der Waals surface area contributed by atoms with E-state index in [0.717, 1.165) is 18.8 Å². The third kappa shape index (κ3) is 3.36. The summed E-state index contributed by atoms with van der Waals surface area (Å²) in [6, 6.07) is 0. The molecule has 1 rings (SSSR count). The molecule has 13 heavy (non-hydrogen) atoms. The van der Waals surface area contributed by atoms with Gasteiger partial charge in [0, 0.05) is 20.1 Å². The zero-order chi connectivity index (χ0) is 9.68. The van der Waals surface area contributed by atoms with Crippen LogP contribution in [0.2, 0.25) is 0 Å². The molecule has 0 N–H and O–H groups in total. The van der Waals surface area contributed by atoms with E-state index in [-0.39, 0.29) is 0 Å². The molecule has 0 saturated heterocycles. The van der Waals surface area contributed by atoms with Crippen molar-refractivity contribution in [3.05, 3.63) is 17.8 Å². The van der Waals surface area contributed by atoms with Gasteiger partial charge in [0.2, 0.25) is 5.89 Å². The summed E-state index contributed by atoms with van der Waals surface area (Å²) in [5.41, 5.74) is 0. The monoisotopic (exact) mass is 203 g/mol. The molecule has 0 bridgehead atoms. The van der Waals surface area contributed by atoms with Gasteiger partial charge in [-0.3, -0.25) is 0 Å². The molecule has 0 spiro atoms. The zero-order valence-corrected chi connectivity index (χ0v) is 8.67. The summed E-state index contributed by atoms with van der Waals surface area (Å²) in [5, 5.41) is 0. The summed E-state index contributed by atoms with van der Waals surface area (Å²) in [4.78, 5) is 4.01. The van der Waals surface area contributed by atoms with Crippen molar-refractivity contribution in [2.75, 3.05) is 13.7 Å². The molecule has 74 valence electrons. The first-order valence-electron chi connectivity index (χ1n) is 4.24. The number of alkyl halides is 1. The van der Waals surface area contributed by atoms with Crippen molar-refractivity contribution in [2.24, 2.45) is 5.92 Å². The minimum Gasteiger partial charge on any atom is -0.444 e. The summed E-state index contributed by atoms with van der Waals surface area (Å²) in [6.45, 7) is 2.84. The van der Waals surface area contributed by atoms with Gasteiger partial charge in [0.15, 0.2) is 0 Å². The van der Waals surface area contributed by atoms with E-state index in [1.165, 1.54) is 0 Å². The Bertz CT molecular complexity index is 250. The fraction of sp³-hybridized carbons (Fsp3) is 0.667. The summed E-state index contributed by atoms with van der Waals surface area (Å²) >= 11 is 5.56. The van der Waals surface area contributed by atoms with Gasteiger partial charge in [0.1, 0.15) is 5.76 Å². The number of hydrogen-bond donors (Lipinski definition) is 0. The van der Waals surface area contributed by atoms with Crippen LogP contribution in [0.5, 0.6) is 0 Å². The molecule has 0 saturated carbocycles. The maximum Gasteiger partial charge on any atom is 0.209 e. The van der Waals surface area contributed by atoms with E-state index in [1.54, 1.807) is 13.3 Å². The van der Waals surface area contributed by atoms with E-state index in [1.807, 2.05) is 0 Å². The Hall–Kier alpha value is -0.540. The minimum absolute atomic E-state index is 0.332. The first-order valence-corrected chi connectivity index (χ1v) is 4.78. The molecule has 0 radical (unpaired) electrons. The first-order chi connectivity index (χ1) is 6.26.